The van der Waals surface area contributed by atoms with Gasteiger partial charge in [0.05, 0.1) is 18.3 Å². The lowest BCUT2D eigenvalue weighted by Gasteiger charge is -2.13. The van der Waals surface area contributed by atoms with Gasteiger partial charge in [-0.05, 0) is 18.1 Å². The highest BCUT2D eigenvalue weighted by Gasteiger charge is 2.32. The van der Waals surface area contributed by atoms with Crippen LogP contribution < -0.4 is 0 Å². The Labute approximate surface area is 146 Å². The number of hydrogen-bond donors (Lipinski definition) is 1. The standard InChI is InChI=1S/C17H14F3N3O3/c18-17(19,20)14-5-4-10(6-21-14)8-23-9-11(7-22-23)16(26)15-12(24)2-1-3-13(15)25/h4-7,9,24H,1-3,8H2. The Bertz CT molecular complexity index is 883. The van der Waals surface area contributed by atoms with Gasteiger partial charge in [0.25, 0.3) is 0 Å². The Hall–Kier alpha value is -2.97. The van der Waals surface area contributed by atoms with Crippen LogP contribution in [0.1, 0.15) is 40.9 Å². The second-order valence-electron chi connectivity index (χ2n) is 5.90. The molecular formula is C17H14F3N3O3. The van der Waals surface area contributed by atoms with Crippen molar-refractivity contribution in [2.24, 2.45) is 0 Å². The van der Waals surface area contributed by atoms with E-state index in [-0.39, 0.29) is 36.3 Å². The Morgan fingerprint density at radius 2 is 2.00 bits per heavy atom. The van der Waals surface area contributed by atoms with Crippen LogP contribution in [0.15, 0.2) is 42.1 Å². The Balaban J connectivity index is 1.76. The van der Waals surface area contributed by atoms with Gasteiger partial charge in [0.1, 0.15) is 17.0 Å². The number of allylic oxidation sites excluding steroid dienone is 2. The Kier molecular flexibility index (Phi) is 4.62. The summed E-state index contributed by atoms with van der Waals surface area (Å²) in [7, 11) is 0. The molecular weight excluding hydrogens is 351 g/mol. The summed E-state index contributed by atoms with van der Waals surface area (Å²) in [4.78, 5) is 27.6. The molecule has 0 saturated heterocycles. The third kappa shape index (κ3) is 3.66. The van der Waals surface area contributed by atoms with E-state index in [4.69, 9.17) is 0 Å². The highest BCUT2D eigenvalue weighted by atomic mass is 19.4. The zero-order valence-electron chi connectivity index (χ0n) is 13.5. The molecule has 0 aliphatic heterocycles. The van der Waals surface area contributed by atoms with Gasteiger partial charge in [0, 0.05) is 25.2 Å². The molecule has 1 aliphatic carbocycles. The monoisotopic (exact) mass is 365 g/mol. The van der Waals surface area contributed by atoms with Gasteiger partial charge in [-0.2, -0.15) is 18.3 Å². The lowest BCUT2D eigenvalue weighted by Crippen LogP contribution is -2.19. The van der Waals surface area contributed by atoms with Crippen molar-refractivity contribution in [1.82, 2.24) is 14.8 Å². The minimum atomic E-state index is -4.51. The average Bonchev–Trinajstić information content (AvgIpc) is 3.03. The quantitative estimate of drug-likeness (QED) is 0.665. The van der Waals surface area contributed by atoms with E-state index < -0.39 is 23.4 Å². The van der Waals surface area contributed by atoms with Crippen LogP contribution in [0.2, 0.25) is 0 Å². The molecule has 136 valence electrons. The highest BCUT2D eigenvalue weighted by Crippen LogP contribution is 2.27. The van der Waals surface area contributed by atoms with Gasteiger partial charge in [-0.3, -0.25) is 19.3 Å². The maximum absolute atomic E-state index is 12.5. The maximum atomic E-state index is 12.5. The van der Waals surface area contributed by atoms with Crippen molar-refractivity contribution in [3.8, 4) is 0 Å². The first-order chi connectivity index (χ1) is 12.3. The number of rotatable bonds is 4. The minimum Gasteiger partial charge on any atom is -0.511 e. The predicted octanol–water partition coefficient (Wildman–Crippen LogP) is 3.09. The van der Waals surface area contributed by atoms with E-state index in [1.165, 1.54) is 23.1 Å². The van der Waals surface area contributed by atoms with Crippen molar-refractivity contribution in [2.75, 3.05) is 0 Å². The molecule has 1 aliphatic rings. The lowest BCUT2D eigenvalue weighted by molar-refractivity contribution is -0.141. The van der Waals surface area contributed by atoms with E-state index in [0.717, 1.165) is 12.3 Å². The predicted molar refractivity (Wildman–Crippen MR) is 83.4 cm³/mol. The van der Waals surface area contributed by atoms with Crippen LogP contribution in [-0.2, 0) is 17.5 Å². The van der Waals surface area contributed by atoms with Crippen molar-refractivity contribution >= 4 is 11.6 Å². The molecule has 0 spiro atoms. The number of Topliss-reactive ketones (excluding diaryl/α,β-unsaturated/α-hetero) is 2. The zero-order chi connectivity index (χ0) is 18.9. The number of pyridine rings is 1. The van der Waals surface area contributed by atoms with Crippen molar-refractivity contribution < 1.29 is 27.9 Å². The number of nitrogens with zero attached hydrogens (tertiary/aromatic N) is 3. The molecule has 0 atom stereocenters. The summed E-state index contributed by atoms with van der Waals surface area (Å²) in [5, 5.41) is 13.8. The molecule has 0 amide bonds. The SMILES string of the molecule is O=C1CCCC(O)=C1C(=O)c1cnn(Cc2ccc(C(F)(F)F)nc2)c1. The van der Waals surface area contributed by atoms with Gasteiger partial charge in [0.15, 0.2) is 5.78 Å². The molecule has 0 radical (unpaired) electrons. The van der Waals surface area contributed by atoms with E-state index in [9.17, 15) is 27.9 Å². The molecule has 1 N–H and O–H groups in total. The molecule has 2 aromatic rings. The number of aliphatic hydroxyl groups is 1. The number of hydrogen-bond acceptors (Lipinski definition) is 5. The number of ketones is 2. The van der Waals surface area contributed by atoms with Gasteiger partial charge < -0.3 is 5.11 Å². The fourth-order valence-corrected chi connectivity index (χ4v) is 2.67. The van der Waals surface area contributed by atoms with Crippen LogP contribution >= 0.6 is 0 Å². The van der Waals surface area contributed by atoms with Gasteiger partial charge in [-0.25, -0.2) is 0 Å². The first kappa shape index (κ1) is 17.8. The summed E-state index contributed by atoms with van der Waals surface area (Å²) in [6.45, 7) is 0.109. The lowest BCUT2D eigenvalue weighted by atomic mass is 9.91. The van der Waals surface area contributed by atoms with Crippen molar-refractivity contribution in [1.29, 1.82) is 0 Å². The van der Waals surface area contributed by atoms with Gasteiger partial charge in [-0.1, -0.05) is 6.07 Å². The third-order valence-electron chi connectivity index (χ3n) is 3.97. The number of alkyl halides is 3. The van der Waals surface area contributed by atoms with Crippen LogP contribution in [0.5, 0.6) is 0 Å². The summed E-state index contributed by atoms with van der Waals surface area (Å²) in [5.74, 6) is -1.23. The largest absolute Gasteiger partial charge is 0.511 e. The first-order valence-corrected chi connectivity index (χ1v) is 7.80. The van der Waals surface area contributed by atoms with Crippen LogP contribution in [0.4, 0.5) is 13.2 Å². The van der Waals surface area contributed by atoms with E-state index in [1.54, 1.807) is 0 Å². The van der Waals surface area contributed by atoms with E-state index in [2.05, 4.69) is 10.1 Å². The molecule has 2 aromatic heterocycles. The van der Waals surface area contributed by atoms with Crippen LogP contribution in [0.3, 0.4) is 0 Å². The number of aromatic nitrogens is 3. The molecule has 0 aromatic carbocycles. The van der Waals surface area contributed by atoms with Gasteiger partial charge >= 0.3 is 6.18 Å². The van der Waals surface area contributed by atoms with E-state index >= 15 is 0 Å². The minimum absolute atomic E-state index is 0.109. The molecule has 0 fully saturated rings. The molecule has 9 heteroatoms. The second-order valence-corrected chi connectivity index (χ2v) is 5.90. The van der Waals surface area contributed by atoms with E-state index in [0.29, 0.717) is 12.0 Å². The number of carbonyl (C=O) groups excluding carboxylic acids is 2. The van der Waals surface area contributed by atoms with Gasteiger partial charge in [0.2, 0.25) is 5.78 Å². The summed E-state index contributed by atoms with van der Waals surface area (Å²) >= 11 is 0. The summed E-state index contributed by atoms with van der Waals surface area (Å²) in [6, 6.07) is 2.15. The Morgan fingerprint density at radius 1 is 1.23 bits per heavy atom. The molecule has 0 unspecified atom stereocenters. The molecule has 0 saturated carbocycles. The van der Waals surface area contributed by atoms with Gasteiger partial charge in [-0.15, -0.1) is 0 Å². The first-order valence-electron chi connectivity index (χ1n) is 7.80. The molecule has 2 heterocycles. The molecule has 3 rings (SSSR count). The third-order valence-corrected chi connectivity index (χ3v) is 3.97. The number of aliphatic hydroxyl groups excluding tert-OH is 1. The van der Waals surface area contributed by atoms with E-state index in [1.807, 2.05) is 0 Å². The summed E-state index contributed by atoms with van der Waals surface area (Å²) in [6.07, 6.45) is 0.192. The molecule has 0 bridgehead atoms. The normalized spacial score (nSPS) is 15.4. The fourth-order valence-electron chi connectivity index (χ4n) is 2.67. The number of carbonyl (C=O) groups is 2. The van der Waals surface area contributed by atoms with Crippen molar-refractivity contribution in [3.63, 3.8) is 0 Å². The topological polar surface area (TPSA) is 85.1 Å². The molecule has 26 heavy (non-hydrogen) atoms. The van der Waals surface area contributed by atoms with Crippen LogP contribution in [0.25, 0.3) is 0 Å². The summed E-state index contributed by atoms with van der Waals surface area (Å²) in [5.41, 5.74) is -0.611. The smallest absolute Gasteiger partial charge is 0.433 e. The second kappa shape index (κ2) is 6.74. The highest BCUT2D eigenvalue weighted by molar-refractivity contribution is 6.26. The molecule has 6 nitrogen and oxygen atoms in total. The van der Waals surface area contributed by atoms with Crippen molar-refractivity contribution in [3.05, 3.63) is 58.9 Å². The Morgan fingerprint density at radius 3 is 2.62 bits per heavy atom. The maximum Gasteiger partial charge on any atom is 0.433 e. The fraction of sp³-hybridized carbons (Fsp3) is 0.294. The van der Waals surface area contributed by atoms with Crippen LogP contribution in [-0.4, -0.2) is 31.4 Å². The zero-order valence-corrected chi connectivity index (χ0v) is 13.5. The summed E-state index contributed by atoms with van der Waals surface area (Å²) < 4.78 is 38.9. The van der Waals surface area contributed by atoms with Crippen molar-refractivity contribution in [2.45, 2.75) is 32.0 Å². The average molecular weight is 365 g/mol. The number of halogens is 3. The van der Waals surface area contributed by atoms with Crippen LogP contribution in [0, 0.1) is 0 Å².